The van der Waals surface area contributed by atoms with Crippen LogP contribution in [0.3, 0.4) is 0 Å². The van der Waals surface area contributed by atoms with E-state index in [4.69, 9.17) is 32.7 Å². The van der Waals surface area contributed by atoms with Crippen LogP contribution in [0.15, 0.2) is 58.1 Å². The second kappa shape index (κ2) is 12.8. The number of carbonyl (C=O) groups excluding carboxylic acids is 1. The molecule has 0 unspecified atom stereocenters. The van der Waals surface area contributed by atoms with Crippen molar-refractivity contribution in [2.24, 2.45) is 5.10 Å². The molecule has 0 fully saturated rings. The highest BCUT2D eigenvalue weighted by Gasteiger charge is 2.22. The summed E-state index contributed by atoms with van der Waals surface area (Å²) in [5.74, 6) is 0.307. The van der Waals surface area contributed by atoms with E-state index in [0.29, 0.717) is 37.3 Å². The minimum atomic E-state index is -3.71. The van der Waals surface area contributed by atoms with Crippen LogP contribution in [0.5, 0.6) is 11.5 Å². The van der Waals surface area contributed by atoms with Crippen LogP contribution in [0.4, 0.5) is 5.69 Å². The molecule has 1 amide bonds. The number of hydrazone groups is 1. The van der Waals surface area contributed by atoms with E-state index in [2.05, 4.69) is 26.5 Å². The predicted octanol–water partition coefficient (Wildman–Crippen LogP) is 5.88. The number of nitrogens with one attached hydrogen (secondary N) is 1. The Bertz CT molecular complexity index is 1480. The Kier molecular flexibility index (Phi) is 10.1. The van der Waals surface area contributed by atoms with Gasteiger partial charge in [0.1, 0.15) is 13.2 Å². The molecule has 0 heterocycles. The molecular formula is C26H26BrCl2N3O5S. The number of aryl methyl sites for hydroxylation is 2. The lowest BCUT2D eigenvalue weighted by molar-refractivity contribution is -0.119. The van der Waals surface area contributed by atoms with Gasteiger partial charge in [-0.25, -0.2) is 13.8 Å². The summed E-state index contributed by atoms with van der Waals surface area (Å²) in [4.78, 5) is 12.5. The molecule has 0 aliphatic rings. The fourth-order valence-electron chi connectivity index (χ4n) is 3.55. The normalized spacial score (nSPS) is 11.4. The number of benzene rings is 3. The lowest BCUT2D eigenvalue weighted by Gasteiger charge is -2.23. The van der Waals surface area contributed by atoms with E-state index >= 15 is 0 Å². The predicted molar refractivity (Wildman–Crippen MR) is 155 cm³/mol. The van der Waals surface area contributed by atoms with E-state index in [0.717, 1.165) is 27.3 Å². The van der Waals surface area contributed by atoms with Crippen molar-refractivity contribution in [3.05, 3.63) is 85.3 Å². The monoisotopic (exact) mass is 641 g/mol. The number of carbonyl (C=O) groups is 1. The summed E-state index contributed by atoms with van der Waals surface area (Å²) in [5.41, 5.74) is 5.96. The molecule has 38 heavy (non-hydrogen) atoms. The molecule has 12 heteroatoms. The van der Waals surface area contributed by atoms with Crippen molar-refractivity contribution < 1.29 is 22.7 Å². The third kappa shape index (κ3) is 7.86. The minimum absolute atomic E-state index is 0.229. The maximum Gasteiger partial charge on any atom is 0.260 e. The third-order valence-corrected chi connectivity index (χ3v) is 7.78. The Hall–Kier alpha value is -2.79. The van der Waals surface area contributed by atoms with Crippen LogP contribution >= 0.6 is 39.1 Å². The number of hydrogen-bond donors (Lipinski definition) is 1. The molecule has 0 aliphatic heterocycles. The zero-order valence-electron chi connectivity index (χ0n) is 21.1. The van der Waals surface area contributed by atoms with E-state index in [1.807, 2.05) is 19.1 Å². The molecular weight excluding hydrogens is 617 g/mol. The summed E-state index contributed by atoms with van der Waals surface area (Å²) in [7, 11) is -2.20. The molecule has 0 spiro atoms. The topological polar surface area (TPSA) is 97.3 Å². The second-order valence-electron chi connectivity index (χ2n) is 8.42. The van der Waals surface area contributed by atoms with Crippen LogP contribution in [0.2, 0.25) is 10.0 Å². The van der Waals surface area contributed by atoms with Crippen LogP contribution in [-0.4, -0.2) is 40.4 Å². The van der Waals surface area contributed by atoms with Gasteiger partial charge in [-0.05, 0) is 76.8 Å². The molecule has 0 radical (unpaired) electrons. The van der Waals surface area contributed by atoms with Crippen LogP contribution in [0.1, 0.15) is 22.3 Å². The number of rotatable bonds is 10. The van der Waals surface area contributed by atoms with Crippen LogP contribution in [-0.2, 0) is 21.4 Å². The average Bonchev–Trinajstić information content (AvgIpc) is 2.83. The maximum atomic E-state index is 12.5. The first kappa shape index (κ1) is 29.8. The van der Waals surface area contributed by atoms with E-state index in [1.165, 1.54) is 13.3 Å². The van der Waals surface area contributed by atoms with Crippen LogP contribution in [0, 0.1) is 13.8 Å². The maximum absolute atomic E-state index is 12.5. The Morgan fingerprint density at radius 1 is 1.11 bits per heavy atom. The van der Waals surface area contributed by atoms with E-state index in [9.17, 15) is 13.2 Å². The number of methoxy groups -OCH3 is 1. The Morgan fingerprint density at radius 3 is 2.47 bits per heavy atom. The summed E-state index contributed by atoms with van der Waals surface area (Å²) in [6.45, 7) is 3.51. The SMILES string of the molecule is COc1cc(/C=N\NC(=O)CN(c2ccc(C)cc2C)S(C)(=O)=O)cc(Br)c1OCc1ccc(Cl)c(Cl)c1. The fourth-order valence-corrected chi connectivity index (χ4v) is 5.36. The minimum Gasteiger partial charge on any atom is -0.493 e. The summed E-state index contributed by atoms with van der Waals surface area (Å²) < 4.78 is 37.8. The molecule has 0 saturated carbocycles. The lowest BCUT2D eigenvalue weighted by Crippen LogP contribution is -2.39. The van der Waals surface area contributed by atoms with Gasteiger partial charge >= 0.3 is 0 Å². The van der Waals surface area contributed by atoms with Gasteiger partial charge in [-0.2, -0.15) is 5.10 Å². The van der Waals surface area contributed by atoms with Crippen molar-refractivity contribution in [3.63, 3.8) is 0 Å². The molecule has 8 nitrogen and oxygen atoms in total. The van der Waals surface area contributed by atoms with Crippen molar-refractivity contribution in [1.29, 1.82) is 0 Å². The molecule has 0 aliphatic carbocycles. The Balaban J connectivity index is 1.70. The van der Waals surface area contributed by atoms with Crippen molar-refractivity contribution in [3.8, 4) is 11.5 Å². The van der Waals surface area contributed by atoms with Gasteiger partial charge in [-0.1, -0.05) is 47.0 Å². The number of nitrogens with zero attached hydrogens (tertiary/aromatic N) is 2. The number of hydrogen-bond acceptors (Lipinski definition) is 6. The quantitative estimate of drug-likeness (QED) is 0.220. The number of ether oxygens (including phenoxy) is 2. The van der Waals surface area contributed by atoms with Crippen molar-refractivity contribution in [1.82, 2.24) is 5.43 Å². The fraction of sp³-hybridized carbons (Fsp3) is 0.231. The number of halogens is 3. The van der Waals surface area contributed by atoms with Gasteiger partial charge in [-0.15, -0.1) is 0 Å². The van der Waals surface area contributed by atoms with Crippen LogP contribution in [0.25, 0.3) is 0 Å². The van der Waals surface area contributed by atoms with Crippen molar-refractivity contribution >= 4 is 67.0 Å². The van der Waals surface area contributed by atoms with E-state index in [-0.39, 0.29) is 6.61 Å². The van der Waals surface area contributed by atoms with Gasteiger partial charge in [0.25, 0.3) is 5.91 Å². The molecule has 0 bridgehead atoms. The summed E-state index contributed by atoms with van der Waals surface area (Å²) in [6, 6.07) is 14.0. The molecule has 0 aromatic heterocycles. The third-order valence-electron chi connectivity index (χ3n) is 5.33. The van der Waals surface area contributed by atoms with E-state index < -0.39 is 22.5 Å². The molecule has 202 valence electrons. The van der Waals surface area contributed by atoms with Gasteiger partial charge in [0.2, 0.25) is 10.0 Å². The molecule has 0 atom stereocenters. The van der Waals surface area contributed by atoms with Gasteiger partial charge < -0.3 is 9.47 Å². The number of sulfonamides is 1. The highest BCUT2D eigenvalue weighted by Crippen LogP contribution is 2.37. The molecule has 3 aromatic carbocycles. The Morgan fingerprint density at radius 2 is 1.84 bits per heavy atom. The number of anilines is 1. The zero-order valence-corrected chi connectivity index (χ0v) is 25.0. The highest BCUT2D eigenvalue weighted by molar-refractivity contribution is 9.10. The standard InChI is InChI=1S/C26H26BrCl2N3O5S/c1-16-5-8-23(17(2)9-16)32(38(4,34)35)14-25(33)31-30-13-19-10-20(27)26(24(12-19)36-3)37-15-18-6-7-21(28)22(29)11-18/h5-13H,14-15H2,1-4H3,(H,31,33)/b30-13-. The largest absolute Gasteiger partial charge is 0.493 e. The second-order valence-corrected chi connectivity index (χ2v) is 12.0. The van der Waals surface area contributed by atoms with E-state index in [1.54, 1.807) is 43.3 Å². The van der Waals surface area contributed by atoms with Gasteiger partial charge in [0, 0.05) is 0 Å². The van der Waals surface area contributed by atoms with Gasteiger partial charge in [-0.3, -0.25) is 9.10 Å². The molecule has 3 rings (SSSR count). The number of amides is 1. The van der Waals surface area contributed by atoms with Crippen molar-refractivity contribution in [2.45, 2.75) is 20.5 Å². The first-order valence-electron chi connectivity index (χ1n) is 11.2. The highest BCUT2D eigenvalue weighted by atomic mass is 79.9. The summed E-state index contributed by atoms with van der Waals surface area (Å²) in [6.07, 6.45) is 2.47. The summed E-state index contributed by atoms with van der Waals surface area (Å²) >= 11 is 15.5. The first-order chi connectivity index (χ1) is 17.9. The summed E-state index contributed by atoms with van der Waals surface area (Å²) in [5, 5.41) is 4.86. The first-order valence-corrected chi connectivity index (χ1v) is 14.6. The lowest BCUT2D eigenvalue weighted by atomic mass is 10.1. The van der Waals surface area contributed by atoms with Gasteiger partial charge in [0.05, 0.1) is 39.8 Å². The molecule has 1 N–H and O–H groups in total. The smallest absolute Gasteiger partial charge is 0.260 e. The Labute approximate surface area is 240 Å². The van der Waals surface area contributed by atoms with Gasteiger partial charge in [0.15, 0.2) is 11.5 Å². The van der Waals surface area contributed by atoms with Crippen LogP contribution < -0.4 is 19.2 Å². The van der Waals surface area contributed by atoms with Crippen molar-refractivity contribution in [2.75, 3.05) is 24.2 Å². The molecule has 3 aromatic rings. The zero-order chi connectivity index (χ0) is 28.0. The molecule has 0 saturated heterocycles. The average molecular weight is 643 g/mol.